The van der Waals surface area contributed by atoms with Crippen LogP contribution < -0.4 is 5.73 Å². The summed E-state index contributed by atoms with van der Waals surface area (Å²) in [4.78, 5) is 14.8. The van der Waals surface area contributed by atoms with Crippen LogP contribution in [0.5, 0.6) is 0 Å². The summed E-state index contributed by atoms with van der Waals surface area (Å²) in [6.07, 6.45) is 3.23. The van der Waals surface area contributed by atoms with Gasteiger partial charge in [-0.2, -0.15) is 0 Å². The van der Waals surface area contributed by atoms with Gasteiger partial charge < -0.3 is 10.6 Å². The third-order valence-corrected chi connectivity index (χ3v) is 4.31. The van der Waals surface area contributed by atoms with Crippen LogP contribution in [0.2, 0.25) is 0 Å². The fraction of sp³-hybridized carbons (Fsp3) is 0.562. The number of hydrogen-bond donors (Lipinski definition) is 1. The Kier molecular flexibility index (Phi) is 3.95. The van der Waals surface area contributed by atoms with Crippen molar-refractivity contribution in [1.82, 2.24) is 4.90 Å². The molecule has 2 N–H and O–H groups in total. The minimum absolute atomic E-state index is 0.133. The minimum Gasteiger partial charge on any atom is -0.332 e. The first-order valence-electron chi connectivity index (χ1n) is 7.07. The predicted molar refractivity (Wildman–Crippen MR) is 78.3 cm³/mol. The van der Waals surface area contributed by atoms with E-state index in [1.54, 1.807) is 0 Å². The quantitative estimate of drug-likeness (QED) is 0.888. The lowest BCUT2D eigenvalue weighted by molar-refractivity contribution is 0.0402. The van der Waals surface area contributed by atoms with E-state index in [4.69, 9.17) is 5.73 Å². The van der Waals surface area contributed by atoms with Crippen molar-refractivity contribution in [2.24, 2.45) is 5.73 Å². The Hall–Kier alpha value is -1.35. The fourth-order valence-electron chi connectivity index (χ4n) is 2.85. The minimum atomic E-state index is -0.189. The first-order chi connectivity index (χ1) is 8.98. The van der Waals surface area contributed by atoms with E-state index in [0.29, 0.717) is 6.54 Å². The van der Waals surface area contributed by atoms with E-state index in [-0.39, 0.29) is 11.4 Å². The highest BCUT2D eigenvalue weighted by Crippen LogP contribution is 2.29. The number of amides is 1. The van der Waals surface area contributed by atoms with Crippen molar-refractivity contribution >= 4 is 5.91 Å². The molecule has 1 aliphatic rings. The first-order valence-corrected chi connectivity index (χ1v) is 7.07. The molecule has 104 valence electrons. The third kappa shape index (κ3) is 2.66. The van der Waals surface area contributed by atoms with Gasteiger partial charge in [0.15, 0.2) is 0 Å². The molecule has 0 aliphatic carbocycles. The van der Waals surface area contributed by atoms with Crippen molar-refractivity contribution in [2.45, 2.75) is 45.6 Å². The summed E-state index contributed by atoms with van der Waals surface area (Å²) in [6.45, 7) is 7.48. The summed E-state index contributed by atoms with van der Waals surface area (Å²) in [5.41, 5.74) is 8.72. The van der Waals surface area contributed by atoms with Gasteiger partial charge in [-0.05, 0) is 51.7 Å². The van der Waals surface area contributed by atoms with Gasteiger partial charge in [-0.15, -0.1) is 0 Å². The molecule has 0 spiro atoms. The highest BCUT2D eigenvalue weighted by atomic mass is 16.2. The lowest BCUT2D eigenvalue weighted by Crippen LogP contribution is -2.56. The van der Waals surface area contributed by atoms with Crippen LogP contribution in [0.25, 0.3) is 0 Å². The molecule has 1 aromatic carbocycles. The maximum atomic E-state index is 12.8. The van der Waals surface area contributed by atoms with E-state index in [2.05, 4.69) is 6.92 Å². The average Bonchev–Trinajstić information content (AvgIpc) is 2.41. The molecule has 1 amide bonds. The largest absolute Gasteiger partial charge is 0.332 e. The van der Waals surface area contributed by atoms with E-state index in [9.17, 15) is 4.79 Å². The van der Waals surface area contributed by atoms with E-state index in [1.165, 1.54) is 0 Å². The second-order valence-corrected chi connectivity index (χ2v) is 5.93. The Morgan fingerprint density at radius 1 is 1.37 bits per heavy atom. The molecule has 1 atom stereocenters. The number of benzene rings is 1. The van der Waals surface area contributed by atoms with Gasteiger partial charge >= 0.3 is 0 Å². The Morgan fingerprint density at radius 3 is 2.79 bits per heavy atom. The molecule has 1 aromatic rings. The first kappa shape index (κ1) is 14.1. The molecule has 0 bridgehead atoms. The summed E-state index contributed by atoms with van der Waals surface area (Å²) in [5.74, 6) is 0.133. The van der Waals surface area contributed by atoms with E-state index in [0.717, 1.165) is 42.5 Å². The summed E-state index contributed by atoms with van der Waals surface area (Å²) < 4.78 is 0. The van der Waals surface area contributed by atoms with Gasteiger partial charge in [0.2, 0.25) is 0 Å². The summed E-state index contributed by atoms with van der Waals surface area (Å²) in [6, 6.07) is 6.06. The maximum absolute atomic E-state index is 12.8. The molecular formula is C16H24N2O. The lowest BCUT2D eigenvalue weighted by atomic mass is 9.87. The zero-order valence-electron chi connectivity index (χ0n) is 12.2. The molecule has 1 heterocycles. The lowest BCUT2D eigenvalue weighted by Gasteiger charge is -2.44. The van der Waals surface area contributed by atoms with Crippen molar-refractivity contribution in [3.8, 4) is 0 Å². The molecule has 3 nitrogen and oxygen atoms in total. The summed E-state index contributed by atoms with van der Waals surface area (Å²) in [5, 5.41) is 0. The van der Waals surface area contributed by atoms with Crippen molar-refractivity contribution in [1.29, 1.82) is 0 Å². The second-order valence-electron chi connectivity index (χ2n) is 5.93. The number of hydrogen-bond acceptors (Lipinski definition) is 2. The van der Waals surface area contributed by atoms with Gasteiger partial charge in [0.25, 0.3) is 5.91 Å². The number of piperidine rings is 1. The fourth-order valence-corrected chi connectivity index (χ4v) is 2.85. The van der Waals surface area contributed by atoms with Crippen LogP contribution in [0.4, 0.5) is 0 Å². The van der Waals surface area contributed by atoms with Gasteiger partial charge in [-0.3, -0.25) is 4.79 Å². The van der Waals surface area contributed by atoms with E-state index < -0.39 is 0 Å². The van der Waals surface area contributed by atoms with Crippen LogP contribution in [-0.2, 0) is 0 Å². The Bertz CT molecular complexity index is 484. The topological polar surface area (TPSA) is 46.3 Å². The summed E-state index contributed by atoms with van der Waals surface area (Å²) >= 11 is 0. The van der Waals surface area contributed by atoms with Crippen LogP contribution >= 0.6 is 0 Å². The molecule has 1 aliphatic heterocycles. The van der Waals surface area contributed by atoms with E-state index in [1.807, 2.05) is 36.9 Å². The Balaban J connectivity index is 2.34. The van der Waals surface area contributed by atoms with Crippen LogP contribution in [-0.4, -0.2) is 29.4 Å². The predicted octanol–water partition coefficient (Wildman–Crippen LogP) is 2.65. The van der Waals surface area contributed by atoms with Crippen molar-refractivity contribution < 1.29 is 4.79 Å². The number of nitrogens with zero attached hydrogens (tertiary/aromatic N) is 1. The van der Waals surface area contributed by atoms with Gasteiger partial charge in [-0.1, -0.05) is 17.7 Å². The number of carbonyl (C=O) groups is 1. The van der Waals surface area contributed by atoms with Crippen molar-refractivity contribution in [3.05, 3.63) is 34.9 Å². The zero-order valence-corrected chi connectivity index (χ0v) is 12.2. The second kappa shape index (κ2) is 5.33. The molecule has 1 saturated heterocycles. The van der Waals surface area contributed by atoms with Gasteiger partial charge in [0.1, 0.15) is 0 Å². The molecule has 0 radical (unpaired) electrons. The van der Waals surface area contributed by atoms with Crippen LogP contribution in [0.1, 0.15) is 47.7 Å². The molecule has 1 unspecified atom stereocenters. The highest BCUT2D eigenvalue weighted by Gasteiger charge is 2.36. The van der Waals surface area contributed by atoms with Crippen LogP contribution in [0, 0.1) is 13.8 Å². The standard InChI is InChI=1S/C16H24N2O/c1-12-6-7-13(2)14(10-12)15(19)18-9-5-4-8-16(18,3)11-17/h6-7,10H,4-5,8-9,11,17H2,1-3H3. The number of aryl methyl sites for hydroxylation is 2. The third-order valence-electron chi connectivity index (χ3n) is 4.31. The molecule has 1 fully saturated rings. The molecule has 3 heteroatoms. The highest BCUT2D eigenvalue weighted by molar-refractivity contribution is 5.96. The number of carbonyl (C=O) groups excluding carboxylic acids is 1. The monoisotopic (exact) mass is 260 g/mol. The SMILES string of the molecule is Cc1ccc(C)c(C(=O)N2CCCCC2(C)CN)c1. The van der Waals surface area contributed by atoms with Gasteiger partial charge in [0.05, 0.1) is 5.54 Å². The van der Waals surface area contributed by atoms with Crippen molar-refractivity contribution in [2.75, 3.05) is 13.1 Å². The molecular weight excluding hydrogens is 236 g/mol. The average molecular weight is 260 g/mol. The van der Waals surface area contributed by atoms with Crippen LogP contribution in [0.3, 0.4) is 0 Å². The van der Waals surface area contributed by atoms with Gasteiger partial charge in [-0.25, -0.2) is 0 Å². The molecule has 0 saturated carbocycles. The summed E-state index contributed by atoms with van der Waals surface area (Å²) in [7, 11) is 0. The number of likely N-dealkylation sites (tertiary alicyclic amines) is 1. The zero-order chi connectivity index (χ0) is 14.0. The Morgan fingerprint density at radius 2 is 2.11 bits per heavy atom. The number of rotatable bonds is 2. The van der Waals surface area contributed by atoms with Crippen LogP contribution in [0.15, 0.2) is 18.2 Å². The van der Waals surface area contributed by atoms with E-state index >= 15 is 0 Å². The maximum Gasteiger partial charge on any atom is 0.254 e. The molecule has 0 aromatic heterocycles. The normalized spacial score (nSPS) is 23.5. The smallest absolute Gasteiger partial charge is 0.254 e. The molecule has 19 heavy (non-hydrogen) atoms. The molecule has 2 rings (SSSR count). The van der Waals surface area contributed by atoms with Crippen molar-refractivity contribution in [3.63, 3.8) is 0 Å². The Labute approximate surface area is 115 Å². The van der Waals surface area contributed by atoms with Gasteiger partial charge in [0, 0.05) is 18.7 Å². The number of nitrogens with two attached hydrogens (primary N) is 1.